The van der Waals surface area contributed by atoms with E-state index in [1.54, 1.807) is 11.8 Å². The Bertz CT molecular complexity index is 694. The van der Waals surface area contributed by atoms with Gasteiger partial charge in [0.25, 0.3) is 5.69 Å². The number of nitro benzene ring substituents is 1. The van der Waals surface area contributed by atoms with Crippen molar-refractivity contribution in [1.29, 1.82) is 0 Å². The fourth-order valence-corrected chi connectivity index (χ4v) is 2.55. The monoisotopic (exact) mass is 325 g/mol. The summed E-state index contributed by atoms with van der Waals surface area (Å²) >= 11 is 1.79. The predicted molar refractivity (Wildman–Crippen MR) is 91.8 cm³/mol. The Morgan fingerprint density at radius 3 is 1.57 bits per heavy atom. The van der Waals surface area contributed by atoms with Crippen molar-refractivity contribution >= 4 is 17.4 Å². The minimum absolute atomic E-state index is 0.0159. The summed E-state index contributed by atoms with van der Waals surface area (Å²) in [6.45, 7) is 0. The molecule has 0 aliphatic heterocycles. The predicted octanol–water partition coefficient (Wildman–Crippen LogP) is 5.14. The van der Waals surface area contributed by atoms with Gasteiger partial charge in [0, 0.05) is 21.9 Å². The van der Waals surface area contributed by atoms with Gasteiger partial charge in [-0.05, 0) is 36.4 Å². The SMILES string of the molecule is O=[N+]([O-])c1ccc(O)cc1.c1ccc(Sc2ccccc2)cc1. The summed E-state index contributed by atoms with van der Waals surface area (Å²) in [6, 6.07) is 25.8. The Labute approximate surface area is 138 Å². The molecule has 0 radical (unpaired) electrons. The topological polar surface area (TPSA) is 63.4 Å². The van der Waals surface area contributed by atoms with Crippen LogP contribution < -0.4 is 0 Å². The van der Waals surface area contributed by atoms with Crippen LogP contribution in [0.3, 0.4) is 0 Å². The molecule has 1 N–H and O–H groups in total. The van der Waals surface area contributed by atoms with Crippen molar-refractivity contribution in [2.24, 2.45) is 0 Å². The van der Waals surface area contributed by atoms with Crippen molar-refractivity contribution < 1.29 is 10.0 Å². The fraction of sp³-hybridized carbons (Fsp3) is 0. The molecule has 0 unspecified atom stereocenters. The molecule has 116 valence electrons. The molecule has 0 aliphatic carbocycles. The van der Waals surface area contributed by atoms with Crippen molar-refractivity contribution in [2.75, 3.05) is 0 Å². The quantitative estimate of drug-likeness (QED) is 0.535. The molecular weight excluding hydrogens is 310 g/mol. The number of rotatable bonds is 3. The van der Waals surface area contributed by atoms with Crippen molar-refractivity contribution in [3.05, 3.63) is 95.0 Å². The van der Waals surface area contributed by atoms with E-state index in [9.17, 15) is 10.1 Å². The van der Waals surface area contributed by atoms with E-state index in [2.05, 4.69) is 48.5 Å². The zero-order chi connectivity index (χ0) is 16.5. The van der Waals surface area contributed by atoms with Crippen LogP contribution in [-0.2, 0) is 0 Å². The van der Waals surface area contributed by atoms with Crippen LogP contribution in [0.1, 0.15) is 0 Å². The largest absolute Gasteiger partial charge is 0.508 e. The first kappa shape index (κ1) is 16.6. The van der Waals surface area contributed by atoms with Gasteiger partial charge >= 0.3 is 0 Å². The van der Waals surface area contributed by atoms with E-state index in [0.717, 1.165) is 0 Å². The maximum absolute atomic E-state index is 10.0. The van der Waals surface area contributed by atoms with E-state index < -0.39 is 4.92 Å². The highest BCUT2D eigenvalue weighted by molar-refractivity contribution is 7.99. The maximum atomic E-state index is 10.0. The third kappa shape index (κ3) is 5.84. The van der Waals surface area contributed by atoms with Crippen LogP contribution >= 0.6 is 11.8 Å². The average molecular weight is 325 g/mol. The van der Waals surface area contributed by atoms with Gasteiger partial charge in [-0.1, -0.05) is 48.2 Å². The molecule has 0 aliphatic rings. The summed E-state index contributed by atoms with van der Waals surface area (Å²) in [6.07, 6.45) is 0. The minimum atomic E-state index is -0.514. The highest BCUT2D eigenvalue weighted by Crippen LogP contribution is 2.26. The summed E-state index contributed by atoms with van der Waals surface area (Å²) in [5, 5.41) is 18.8. The van der Waals surface area contributed by atoms with Crippen LogP contribution in [-0.4, -0.2) is 10.0 Å². The lowest BCUT2D eigenvalue weighted by atomic mass is 10.3. The Morgan fingerprint density at radius 1 is 0.739 bits per heavy atom. The second-order valence-corrected chi connectivity index (χ2v) is 5.65. The van der Waals surface area contributed by atoms with E-state index >= 15 is 0 Å². The molecule has 0 saturated carbocycles. The highest BCUT2D eigenvalue weighted by atomic mass is 32.2. The van der Waals surface area contributed by atoms with Crippen molar-refractivity contribution in [3.63, 3.8) is 0 Å². The number of hydrogen-bond acceptors (Lipinski definition) is 4. The lowest BCUT2D eigenvalue weighted by Crippen LogP contribution is -1.85. The molecule has 0 aromatic heterocycles. The first-order chi connectivity index (χ1) is 11.1. The van der Waals surface area contributed by atoms with Gasteiger partial charge in [0.15, 0.2) is 0 Å². The molecule has 4 nitrogen and oxygen atoms in total. The van der Waals surface area contributed by atoms with Gasteiger partial charge in [-0.3, -0.25) is 10.1 Å². The number of phenolic OH excluding ortho intramolecular Hbond substituents is 1. The molecule has 3 aromatic rings. The lowest BCUT2D eigenvalue weighted by Gasteiger charge is -1.99. The number of phenols is 1. The van der Waals surface area contributed by atoms with E-state index in [-0.39, 0.29) is 11.4 Å². The lowest BCUT2D eigenvalue weighted by molar-refractivity contribution is -0.384. The number of nitrogens with zero attached hydrogens (tertiary/aromatic N) is 1. The summed E-state index contributed by atoms with van der Waals surface area (Å²) in [5.41, 5.74) is -0.0159. The molecule has 5 heteroatoms. The van der Waals surface area contributed by atoms with Gasteiger partial charge in [0.05, 0.1) is 4.92 Å². The van der Waals surface area contributed by atoms with Gasteiger partial charge in [0.1, 0.15) is 5.75 Å². The number of nitro groups is 1. The van der Waals surface area contributed by atoms with Crippen LogP contribution in [0.15, 0.2) is 94.7 Å². The molecule has 23 heavy (non-hydrogen) atoms. The number of benzene rings is 3. The van der Waals surface area contributed by atoms with Crippen LogP contribution in [0.4, 0.5) is 5.69 Å². The number of hydrogen-bond donors (Lipinski definition) is 1. The minimum Gasteiger partial charge on any atom is -0.508 e. The summed E-state index contributed by atoms with van der Waals surface area (Å²) in [5.74, 6) is 0.0330. The van der Waals surface area contributed by atoms with E-state index in [0.29, 0.717) is 0 Å². The number of aromatic hydroxyl groups is 1. The molecule has 0 amide bonds. The van der Waals surface area contributed by atoms with Crippen molar-refractivity contribution in [1.82, 2.24) is 0 Å². The molecule has 0 spiro atoms. The third-order valence-corrected chi connectivity index (χ3v) is 3.80. The summed E-state index contributed by atoms with van der Waals surface area (Å²) in [4.78, 5) is 12.1. The Balaban J connectivity index is 0.000000174. The Hall–Kier alpha value is -2.79. The van der Waals surface area contributed by atoms with Gasteiger partial charge < -0.3 is 5.11 Å². The van der Waals surface area contributed by atoms with Crippen molar-refractivity contribution in [3.8, 4) is 5.75 Å². The van der Waals surface area contributed by atoms with E-state index in [1.807, 2.05) is 12.1 Å². The summed E-state index contributed by atoms with van der Waals surface area (Å²) < 4.78 is 0. The molecule has 0 fully saturated rings. The molecule has 0 atom stereocenters. The van der Waals surface area contributed by atoms with Gasteiger partial charge in [-0.15, -0.1) is 0 Å². The van der Waals surface area contributed by atoms with Gasteiger partial charge in [-0.25, -0.2) is 0 Å². The maximum Gasteiger partial charge on any atom is 0.269 e. The standard InChI is InChI=1S/C12H10S.C6H5NO3/c1-3-7-11(8-4-1)13-12-9-5-2-6-10-12;8-6-3-1-5(2-4-6)7(9)10/h1-10H;1-4,8H. The molecule has 0 bridgehead atoms. The van der Waals surface area contributed by atoms with Crippen molar-refractivity contribution in [2.45, 2.75) is 9.79 Å². The number of non-ortho nitro benzene ring substituents is 1. The zero-order valence-corrected chi connectivity index (χ0v) is 13.0. The Kier molecular flexibility index (Phi) is 6.20. The smallest absolute Gasteiger partial charge is 0.269 e. The van der Waals surface area contributed by atoms with Crippen LogP contribution in [0.5, 0.6) is 5.75 Å². The first-order valence-electron chi connectivity index (χ1n) is 6.86. The molecular formula is C18H15NO3S. The molecule has 0 heterocycles. The average Bonchev–Trinajstić information content (AvgIpc) is 2.58. The molecule has 3 aromatic carbocycles. The summed E-state index contributed by atoms with van der Waals surface area (Å²) in [7, 11) is 0. The highest BCUT2D eigenvalue weighted by Gasteiger charge is 2.01. The molecule has 0 saturated heterocycles. The first-order valence-corrected chi connectivity index (χ1v) is 7.68. The molecule has 3 rings (SSSR count). The second kappa shape index (κ2) is 8.60. The zero-order valence-electron chi connectivity index (χ0n) is 12.2. The Morgan fingerprint density at radius 2 is 1.17 bits per heavy atom. The van der Waals surface area contributed by atoms with Crippen LogP contribution in [0.25, 0.3) is 0 Å². The fourth-order valence-electron chi connectivity index (χ4n) is 1.69. The van der Waals surface area contributed by atoms with E-state index in [4.69, 9.17) is 5.11 Å². The third-order valence-electron chi connectivity index (χ3n) is 2.78. The van der Waals surface area contributed by atoms with Crippen LogP contribution in [0, 0.1) is 10.1 Å². The van der Waals surface area contributed by atoms with E-state index in [1.165, 1.54) is 34.1 Å². The van der Waals surface area contributed by atoms with Gasteiger partial charge in [0.2, 0.25) is 0 Å². The van der Waals surface area contributed by atoms with Crippen LogP contribution in [0.2, 0.25) is 0 Å². The second-order valence-electron chi connectivity index (χ2n) is 4.50. The normalized spacial score (nSPS) is 9.57. The van der Waals surface area contributed by atoms with Gasteiger partial charge in [-0.2, -0.15) is 0 Å².